The van der Waals surface area contributed by atoms with Crippen LogP contribution in [0.5, 0.6) is 0 Å². The van der Waals surface area contributed by atoms with Crippen molar-refractivity contribution in [2.75, 3.05) is 6.61 Å². The number of esters is 1. The van der Waals surface area contributed by atoms with E-state index in [-0.39, 0.29) is 5.97 Å². The first kappa shape index (κ1) is 9.71. The van der Waals surface area contributed by atoms with E-state index >= 15 is 0 Å². The third kappa shape index (κ3) is 2.54. The zero-order valence-electron chi connectivity index (χ0n) is 7.99. The highest BCUT2D eigenvalue weighted by atomic mass is 16.5. The predicted octanol–water partition coefficient (Wildman–Crippen LogP) is 1.17. The number of hydrogen-bond acceptors (Lipinski definition) is 2. The maximum atomic E-state index is 11.3. The lowest BCUT2D eigenvalue weighted by Gasteiger charge is -1.99. The molecule has 0 saturated heterocycles. The van der Waals surface area contributed by atoms with Gasteiger partial charge in [-0.05, 0) is 19.9 Å². The minimum Gasteiger partial charge on any atom is -0.462 e. The van der Waals surface area contributed by atoms with Crippen LogP contribution in [0.1, 0.15) is 24.2 Å². The van der Waals surface area contributed by atoms with Crippen LogP contribution in [0, 0.1) is 0 Å². The maximum Gasteiger partial charge on any atom is 0.344 e. The highest BCUT2D eigenvalue weighted by molar-refractivity contribution is 5.88. The van der Waals surface area contributed by atoms with Gasteiger partial charge in [0.15, 0.2) is 12.4 Å². The number of rotatable bonds is 3. The van der Waals surface area contributed by atoms with Gasteiger partial charge in [-0.2, -0.15) is 0 Å². The molecule has 0 saturated carbocycles. The van der Waals surface area contributed by atoms with E-state index in [0.717, 1.165) is 6.54 Å². The Morgan fingerprint density at radius 3 is 2.92 bits per heavy atom. The van der Waals surface area contributed by atoms with E-state index in [1.54, 1.807) is 19.2 Å². The molecule has 70 valence electrons. The van der Waals surface area contributed by atoms with Gasteiger partial charge in [0.05, 0.1) is 6.61 Å². The molecule has 0 fully saturated rings. The summed E-state index contributed by atoms with van der Waals surface area (Å²) in [6, 6.07) is 3.60. The fraction of sp³-hybridized carbons (Fsp3) is 0.400. The van der Waals surface area contributed by atoms with E-state index in [1.165, 1.54) is 0 Å². The van der Waals surface area contributed by atoms with Crippen molar-refractivity contribution in [3.63, 3.8) is 0 Å². The Bertz CT molecular complexity index is 297. The average molecular weight is 180 g/mol. The standard InChI is InChI=1S/C10H14NO2/c1-3-11-7-5-6-9(8-11)10(12)13-4-2/h5-8H,3-4H2,1-2H3/q+1. The molecular formula is C10H14NO2+. The lowest BCUT2D eigenvalue weighted by atomic mass is 10.3. The molecule has 1 aromatic heterocycles. The smallest absolute Gasteiger partial charge is 0.344 e. The topological polar surface area (TPSA) is 30.2 Å². The summed E-state index contributed by atoms with van der Waals surface area (Å²) >= 11 is 0. The SMILES string of the molecule is CCOC(=O)c1ccc[n+](CC)c1. The van der Waals surface area contributed by atoms with Crippen LogP contribution in [0.3, 0.4) is 0 Å². The van der Waals surface area contributed by atoms with Crippen molar-refractivity contribution < 1.29 is 14.1 Å². The first-order chi connectivity index (χ1) is 6.27. The van der Waals surface area contributed by atoms with Crippen LogP contribution >= 0.6 is 0 Å². The Balaban J connectivity index is 2.82. The molecule has 13 heavy (non-hydrogen) atoms. The van der Waals surface area contributed by atoms with Crippen LogP contribution in [0.4, 0.5) is 0 Å². The van der Waals surface area contributed by atoms with Crippen LogP contribution in [-0.4, -0.2) is 12.6 Å². The molecule has 3 nitrogen and oxygen atoms in total. The molecule has 0 bridgehead atoms. The van der Waals surface area contributed by atoms with Gasteiger partial charge in [0.25, 0.3) is 0 Å². The summed E-state index contributed by atoms with van der Waals surface area (Å²) in [4.78, 5) is 11.3. The fourth-order valence-corrected chi connectivity index (χ4v) is 1.05. The van der Waals surface area contributed by atoms with Crippen LogP contribution in [0.15, 0.2) is 24.5 Å². The second-order valence-electron chi connectivity index (χ2n) is 2.64. The average Bonchev–Trinajstić information content (AvgIpc) is 2.18. The number of hydrogen-bond donors (Lipinski definition) is 0. The number of nitrogens with zero attached hydrogens (tertiary/aromatic N) is 1. The molecule has 1 rings (SSSR count). The minimum atomic E-state index is -0.259. The molecule has 0 aliphatic rings. The van der Waals surface area contributed by atoms with Gasteiger partial charge in [0, 0.05) is 6.07 Å². The summed E-state index contributed by atoms with van der Waals surface area (Å²) in [5.41, 5.74) is 0.603. The highest BCUT2D eigenvalue weighted by Gasteiger charge is 2.09. The third-order valence-electron chi connectivity index (χ3n) is 1.73. The van der Waals surface area contributed by atoms with Gasteiger partial charge in [-0.3, -0.25) is 0 Å². The number of carbonyl (C=O) groups excluding carboxylic acids is 1. The van der Waals surface area contributed by atoms with Crippen LogP contribution in [0.25, 0.3) is 0 Å². The van der Waals surface area contributed by atoms with Gasteiger partial charge in [0.1, 0.15) is 12.1 Å². The number of ether oxygens (including phenoxy) is 1. The molecule has 0 aliphatic heterocycles. The van der Waals surface area contributed by atoms with Crippen molar-refractivity contribution in [1.82, 2.24) is 0 Å². The van der Waals surface area contributed by atoms with Gasteiger partial charge in [-0.15, -0.1) is 0 Å². The molecular weight excluding hydrogens is 166 g/mol. The van der Waals surface area contributed by atoms with E-state index in [2.05, 4.69) is 0 Å². The lowest BCUT2D eigenvalue weighted by molar-refractivity contribution is -0.693. The third-order valence-corrected chi connectivity index (χ3v) is 1.73. The molecule has 0 amide bonds. The van der Waals surface area contributed by atoms with Gasteiger partial charge >= 0.3 is 5.97 Å². The van der Waals surface area contributed by atoms with Gasteiger partial charge < -0.3 is 4.74 Å². The summed E-state index contributed by atoms with van der Waals surface area (Å²) in [6.45, 7) is 5.09. The number of aryl methyl sites for hydroxylation is 1. The van der Waals surface area contributed by atoms with E-state index in [1.807, 2.05) is 23.8 Å². The molecule has 0 unspecified atom stereocenters. The first-order valence-corrected chi connectivity index (χ1v) is 4.44. The van der Waals surface area contributed by atoms with Crippen molar-refractivity contribution in [3.05, 3.63) is 30.1 Å². The fourth-order valence-electron chi connectivity index (χ4n) is 1.05. The second-order valence-corrected chi connectivity index (χ2v) is 2.64. The van der Waals surface area contributed by atoms with Gasteiger partial charge in [-0.1, -0.05) is 0 Å². The summed E-state index contributed by atoms with van der Waals surface area (Å²) in [5, 5.41) is 0. The molecule has 0 aromatic carbocycles. The highest BCUT2D eigenvalue weighted by Crippen LogP contribution is 1.97. The van der Waals surface area contributed by atoms with Gasteiger partial charge in [0.2, 0.25) is 0 Å². The number of carbonyl (C=O) groups is 1. The van der Waals surface area contributed by atoms with Crippen LogP contribution < -0.4 is 4.57 Å². The first-order valence-electron chi connectivity index (χ1n) is 4.44. The van der Waals surface area contributed by atoms with Crippen molar-refractivity contribution in [2.45, 2.75) is 20.4 Å². The minimum absolute atomic E-state index is 0.259. The van der Waals surface area contributed by atoms with E-state index in [0.29, 0.717) is 12.2 Å². The Morgan fingerprint density at radius 1 is 1.54 bits per heavy atom. The molecule has 3 heteroatoms. The predicted molar refractivity (Wildman–Crippen MR) is 48.3 cm³/mol. The zero-order valence-corrected chi connectivity index (χ0v) is 7.99. The van der Waals surface area contributed by atoms with Crippen LogP contribution in [0.2, 0.25) is 0 Å². The van der Waals surface area contributed by atoms with Crippen molar-refractivity contribution in [1.29, 1.82) is 0 Å². The Morgan fingerprint density at radius 2 is 2.31 bits per heavy atom. The molecule has 1 aromatic rings. The number of aromatic nitrogens is 1. The Labute approximate surface area is 78.0 Å². The van der Waals surface area contributed by atoms with Gasteiger partial charge in [-0.25, -0.2) is 9.36 Å². The van der Waals surface area contributed by atoms with E-state index < -0.39 is 0 Å². The monoisotopic (exact) mass is 180 g/mol. The van der Waals surface area contributed by atoms with E-state index in [4.69, 9.17) is 4.74 Å². The summed E-state index contributed by atoms with van der Waals surface area (Å²) in [6.07, 6.45) is 3.71. The van der Waals surface area contributed by atoms with Crippen molar-refractivity contribution >= 4 is 5.97 Å². The second kappa shape index (κ2) is 4.60. The largest absolute Gasteiger partial charge is 0.462 e. The molecule has 1 heterocycles. The molecule has 0 aliphatic carbocycles. The molecule has 0 N–H and O–H groups in total. The molecule has 0 atom stereocenters. The summed E-state index contributed by atoms with van der Waals surface area (Å²) in [7, 11) is 0. The quantitative estimate of drug-likeness (QED) is 0.516. The maximum absolute atomic E-state index is 11.3. The molecule has 0 spiro atoms. The normalized spacial score (nSPS) is 9.69. The molecule has 0 radical (unpaired) electrons. The zero-order chi connectivity index (χ0) is 9.68. The summed E-state index contributed by atoms with van der Waals surface area (Å²) < 4.78 is 6.81. The van der Waals surface area contributed by atoms with Crippen molar-refractivity contribution in [3.8, 4) is 0 Å². The Hall–Kier alpha value is -1.38. The van der Waals surface area contributed by atoms with E-state index in [9.17, 15) is 4.79 Å². The summed E-state index contributed by atoms with van der Waals surface area (Å²) in [5.74, 6) is -0.259. The van der Waals surface area contributed by atoms with Crippen molar-refractivity contribution in [2.24, 2.45) is 0 Å². The Kier molecular flexibility index (Phi) is 3.43. The van der Waals surface area contributed by atoms with Crippen LogP contribution in [-0.2, 0) is 11.3 Å². The lowest BCUT2D eigenvalue weighted by Crippen LogP contribution is -2.32. The number of pyridine rings is 1.